The van der Waals surface area contributed by atoms with Gasteiger partial charge in [0.05, 0.1) is 49.3 Å². The molecule has 1 aliphatic rings. The number of nitrogens with zero attached hydrogens (tertiary/aromatic N) is 3. The van der Waals surface area contributed by atoms with Crippen molar-refractivity contribution in [3.05, 3.63) is 35.9 Å². The summed E-state index contributed by atoms with van der Waals surface area (Å²) in [6.45, 7) is 13.8. The summed E-state index contributed by atoms with van der Waals surface area (Å²) in [6, 6.07) is 7.55. The number of aliphatic hydroxyl groups excluding tert-OH is 1. The fourth-order valence-electron chi connectivity index (χ4n) is 7.67. The second-order valence-electron chi connectivity index (χ2n) is 15.4. The van der Waals surface area contributed by atoms with E-state index in [0.29, 0.717) is 19.4 Å². The molecule has 1 aromatic rings. The van der Waals surface area contributed by atoms with Crippen LogP contribution in [0.2, 0.25) is 0 Å². The second-order valence-corrected chi connectivity index (χ2v) is 15.4. The van der Waals surface area contributed by atoms with Crippen LogP contribution in [0.1, 0.15) is 79.7 Å². The van der Waals surface area contributed by atoms with Crippen LogP contribution in [-0.4, -0.2) is 134 Å². The molecule has 296 valence electrons. The summed E-state index contributed by atoms with van der Waals surface area (Å²) in [5.41, 5.74) is 0.946. The van der Waals surface area contributed by atoms with E-state index in [0.717, 1.165) is 18.4 Å². The number of carbonyl (C=O) groups excluding carboxylic acids is 4. The average Bonchev–Trinajstić information content (AvgIpc) is 3.59. The number of likely N-dealkylation sites (tertiary alicyclic amines) is 1. The van der Waals surface area contributed by atoms with Crippen molar-refractivity contribution in [3.8, 4) is 0 Å². The third-order valence-corrected chi connectivity index (χ3v) is 10.7. The smallest absolute Gasteiger partial charge is 0.311 e. The highest BCUT2D eigenvalue weighted by Crippen LogP contribution is 2.30. The van der Waals surface area contributed by atoms with Crippen molar-refractivity contribution in [2.24, 2.45) is 23.7 Å². The summed E-state index contributed by atoms with van der Waals surface area (Å²) >= 11 is 0. The van der Waals surface area contributed by atoms with Crippen molar-refractivity contribution in [1.82, 2.24) is 20.0 Å². The molecule has 0 spiro atoms. The SMILES string of the molecule is CCC(C)[C@@H](C(=O)NC(C(=O)N(C)C(C(C)C)[C@@H](CC(=O)N1CCC[C@H]1[C@H](OC)[C@@H](C)C(=O)O[C@H](CO)Cc1ccccc1)OC)C(C)C)N(C)C. The predicted octanol–water partition coefficient (Wildman–Crippen LogP) is 3.78. The average molecular weight is 733 g/mol. The Hall–Kier alpha value is -3.06. The molecule has 1 heterocycles. The van der Waals surface area contributed by atoms with Crippen LogP contribution in [-0.2, 0) is 39.8 Å². The molecule has 1 aromatic carbocycles. The molecule has 52 heavy (non-hydrogen) atoms. The van der Waals surface area contributed by atoms with Crippen LogP contribution in [0.3, 0.4) is 0 Å². The van der Waals surface area contributed by atoms with E-state index in [4.69, 9.17) is 14.2 Å². The van der Waals surface area contributed by atoms with Crippen molar-refractivity contribution in [1.29, 1.82) is 0 Å². The maximum Gasteiger partial charge on any atom is 0.311 e. The number of rotatable bonds is 21. The minimum Gasteiger partial charge on any atom is -0.459 e. The molecule has 1 fully saturated rings. The zero-order valence-corrected chi connectivity index (χ0v) is 33.8. The van der Waals surface area contributed by atoms with Crippen LogP contribution >= 0.6 is 0 Å². The number of hydrogen-bond acceptors (Lipinski definition) is 9. The van der Waals surface area contributed by atoms with E-state index in [-0.39, 0.29) is 60.6 Å². The number of nitrogens with one attached hydrogen (secondary N) is 1. The molecular weight excluding hydrogens is 664 g/mol. The number of amides is 3. The molecular formula is C40H68N4O8. The molecule has 12 heteroatoms. The van der Waals surface area contributed by atoms with Gasteiger partial charge in [-0.05, 0) is 57.2 Å². The zero-order valence-electron chi connectivity index (χ0n) is 33.8. The fourth-order valence-corrected chi connectivity index (χ4v) is 7.67. The fraction of sp³-hybridized carbons (Fsp3) is 0.750. The van der Waals surface area contributed by atoms with Gasteiger partial charge >= 0.3 is 5.97 Å². The topological polar surface area (TPSA) is 138 Å². The molecule has 2 rings (SSSR count). The second kappa shape index (κ2) is 21.6. The van der Waals surface area contributed by atoms with E-state index in [1.54, 1.807) is 30.9 Å². The summed E-state index contributed by atoms with van der Waals surface area (Å²) in [5, 5.41) is 13.0. The Labute approximate surface area is 312 Å². The van der Waals surface area contributed by atoms with Gasteiger partial charge in [-0.3, -0.25) is 24.1 Å². The number of likely N-dealkylation sites (N-methyl/N-ethyl adjacent to an activating group) is 2. The lowest BCUT2D eigenvalue weighted by atomic mass is 9.91. The van der Waals surface area contributed by atoms with Crippen LogP contribution < -0.4 is 5.32 Å². The minimum absolute atomic E-state index is 0.0157. The van der Waals surface area contributed by atoms with E-state index >= 15 is 0 Å². The van der Waals surface area contributed by atoms with Crippen LogP contribution in [0.15, 0.2) is 30.3 Å². The molecule has 0 bridgehead atoms. The Morgan fingerprint density at radius 3 is 2.10 bits per heavy atom. The van der Waals surface area contributed by atoms with Gasteiger partial charge in [-0.25, -0.2) is 0 Å². The van der Waals surface area contributed by atoms with E-state index in [9.17, 15) is 24.3 Å². The molecule has 9 atom stereocenters. The lowest BCUT2D eigenvalue weighted by Gasteiger charge is -2.40. The number of esters is 1. The highest BCUT2D eigenvalue weighted by atomic mass is 16.6. The molecule has 12 nitrogen and oxygen atoms in total. The van der Waals surface area contributed by atoms with Crippen molar-refractivity contribution in [2.45, 2.75) is 123 Å². The highest BCUT2D eigenvalue weighted by Gasteiger charge is 2.43. The molecule has 0 aliphatic carbocycles. The maximum atomic E-state index is 14.2. The summed E-state index contributed by atoms with van der Waals surface area (Å²) in [5.74, 6) is -1.93. The largest absolute Gasteiger partial charge is 0.459 e. The summed E-state index contributed by atoms with van der Waals surface area (Å²) in [7, 11) is 8.54. The quantitative estimate of drug-likeness (QED) is 0.181. The van der Waals surface area contributed by atoms with E-state index in [1.165, 1.54) is 7.11 Å². The molecule has 1 saturated heterocycles. The monoisotopic (exact) mass is 733 g/mol. The summed E-state index contributed by atoms with van der Waals surface area (Å²) in [4.78, 5) is 60.4. The van der Waals surface area contributed by atoms with E-state index < -0.39 is 42.3 Å². The first-order valence-electron chi connectivity index (χ1n) is 19.0. The van der Waals surface area contributed by atoms with Gasteiger partial charge in [-0.15, -0.1) is 0 Å². The number of aliphatic hydroxyl groups is 1. The Morgan fingerprint density at radius 1 is 0.962 bits per heavy atom. The van der Waals surface area contributed by atoms with Crippen molar-refractivity contribution in [2.75, 3.05) is 48.5 Å². The van der Waals surface area contributed by atoms with Crippen molar-refractivity contribution in [3.63, 3.8) is 0 Å². The third kappa shape index (κ3) is 12.0. The van der Waals surface area contributed by atoms with E-state index in [2.05, 4.69) is 5.32 Å². The number of methoxy groups -OCH3 is 2. The van der Waals surface area contributed by atoms with Gasteiger partial charge < -0.3 is 34.4 Å². The third-order valence-electron chi connectivity index (χ3n) is 10.7. The van der Waals surface area contributed by atoms with Gasteiger partial charge in [0.15, 0.2) is 0 Å². The van der Waals surface area contributed by atoms with Gasteiger partial charge in [0.25, 0.3) is 0 Å². The van der Waals surface area contributed by atoms with Crippen LogP contribution in [0.5, 0.6) is 0 Å². The van der Waals surface area contributed by atoms with Gasteiger partial charge in [-0.2, -0.15) is 0 Å². The molecule has 0 aromatic heterocycles. The Morgan fingerprint density at radius 2 is 1.60 bits per heavy atom. The molecule has 1 aliphatic heterocycles. The van der Waals surface area contributed by atoms with E-state index in [1.807, 2.05) is 90.9 Å². The first-order valence-corrected chi connectivity index (χ1v) is 19.0. The molecule has 0 radical (unpaired) electrons. The van der Waals surface area contributed by atoms with Crippen LogP contribution in [0.25, 0.3) is 0 Å². The molecule has 2 N–H and O–H groups in total. The first kappa shape index (κ1) is 45.1. The van der Waals surface area contributed by atoms with Gasteiger partial charge in [-0.1, -0.05) is 78.3 Å². The Kier molecular flexibility index (Phi) is 18.7. The van der Waals surface area contributed by atoms with Gasteiger partial charge in [0, 0.05) is 34.2 Å². The highest BCUT2D eigenvalue weighted by molar-refractivity contribution is 5.90. The standard InChI is InChI=1S/C40H68N4O8/c1-13-27(6)36(42(8)9)38(47)41-34(25(2)3)39(48)43(10)35(26(4)5)32(50-11)23-33(46)44-21-17-20-31(44)37(51-12)28(7)40(49)52-30(24-45)22-29-18-15-14-16-19-29/h14-16,18-19,25-28,30-32,34-37,45H,13,17,20-24H2,1-12H3,(H,41,47)/t27?,28-,30+,31+,32-,34?,35?,36+,37-/m1/s1. The predicted molar refractivity (Wildman–Crippen MR) is 202 cm³/mol. The lowest BCUT2D eigenvalue weighted by molar-refractivity contribution is -0.163. The number of benzene rings is 1. The van der Waals surface area contributed by atoms with Crippen molar-refractivity contribution < 1.29 is 38.5 Å². The molecule has 3 unspecified atom stereocenters. The Balaban J connectivity index is 2.22. The normalized spacial score (nSPS) is 19.5. The number of carbonyl (C=O) groups is 4. The minimum atomic E-state index is -0.761. The lowest BCUT2D eigenvalue weighted by Crippen LogP contribution is -2.59. The van der Waals surface area contributed by atoms with Crippen LogP contribution in [0.4, 0.5) is 0 Å². The van der Waals surface area contributed by atoms with Gasteiger partial charge in [0.1, 0.15) is 12.1 Å². The first-order chi connectivity index (χ1) is 24.5. The van der Waals surface area contributed by atoms with Gasteiger partial charge in [0.2, 0.25) is 17.7 Å². The summed E-state index contributed by atoms with van der Waals surface area (Å²) < 4.78 is 17.6. The van der Waals surface area contributed by atoms with Crippen LogP contribution in [0, 0.1) is 23.7 Å². The maximum absolute atomic E-state index is 14.2. The van der Waals surface area contributed by atoms with Crippen molar-refractivity contribution >= 4 is 23.7 Å². The number of hydrogen-bond donors (Lipinski definition) is 2. The number of ether oxygens (including phenoxy) is 3. The molecule has 0 saturated carbocycles. The summed E-state index contributed by atoms with van der Waals surface area (Å²) in [6.07, 6.45) is 0.652. The zero-order chi connectivity index (χ0) is 39.3. The molecule has 3 amide bonds. The Bertz CT molecular complexity index is 1260.